The summed E-state index contributed by atoms with van der Waals surface area (Å²) < 4.78 is 26.3. The molecule has 12 heteroatoms. The number of fused-ring (bicyclic) bond motifs is 1. The number of hydrogen-bond acceptors (Lipinski definition) is 10. The van der Waals surface area contributed by atoms with Crippen molar-refractivity contribution in [2.75, 3.05) is 67.6 Å². The van der Waals surface area contributed by atoms with Gasteiger partial charge in [-0.1, -0.05) is 23.4 Å². The molecular weight excluding hydrogens is 512 g/mol. The van der Waals surface area contributed by atoms with Crippen LogP contribution in [0.15, 0.2) is 42.5 Å². The van der Waals surface area contributed by atoms with E-state index >= 15 is 0 Å². The van der Waals surface area contributed by atoms with Gasteiger partial charge in [-0.2, -0.15) is 0 Å². The average Bonchev–Trinajstić information content (AvgIpc) is 3.56. The van der Waals surface area contributed by atoms with Crippen LogP contribution in [-0.4, -0.2) is 94.7 Å². The van der Waals surface area contributed by atoms with E-state index in [0.717, 1.165) is 16.4 Å². The number of carbonyl (C=O) groups is 2. The summed E-state index contributed by atoms with van der Waals surface area (Å²) in [6.45, 7) is 0.947. The monoisotopic (exact) mass is 546 g/mol. The van der Waals surface area contributed by atoms with Gasteiger partial charge < -0.3 is 28.8 Å². The van der Waals surface area contributed by atoms with Crippen LogP contribution < -0.4 is 14.2 Å². The number of nitrogens with zero attached hydrogens (tertiary/aromatic N) is 2. The summed E-state index contributed by atoms with van der Waals surface area (Å²) in [6, 6.07) is 12.0. The number of likely N-dealkylation sites (tertiary alicyclic amines) is 1. The molecule has 1 amide bonds. The van der Waals surface area contributed by atoms with Gasteiger partial charge in [0.1, 0.15) is 19.0 Å². The van der Waals surface area contributed by atoms with Crippen LogP contribution in [0.5, 0.6) is 17.2 Å². The molecule has 1 N–H and O–H groups in total. The van der Waals surface area contributed by atoms with Gasteiger partial charge in [-0.05, 0) is 35.4 Å². The normalized spacial score (nSPS) is 20.2. The van der Waals surface area contributed by atoms with Gasteiger partial charge >= 0.3 is 5.97 Å². The first kappa shape index (κ1) is 28.6. The molecule has 212 valence electrons. The summed E-state index contributed by atoms with van der Waals surface area (Å²) in [6.07, 6.45) is 0. The minimum absolute atomic E-state index is 0.0920. The van der Waals surface area contributed by atoms with E-state index in [-0.39, 0.29) is 39.8 Å². The molecule has 2 aromatic carbocycles. The fourth-order valence-electron chi connectivity index (χ4n) is 4.89. The van der Waals surface area contributed by atoms with E-state index in [0.29, 0.717) is 23.8 Å². The predicted molar refractivity (Wildman–Crippen MR) is 136 cm³/mol. The molecule has 1 fully saturated rings. The standard InChI is InChI=1S/C27H34N2O10/c1-33-10-12-38-29(39-13-11-34-2)24(30)16-28-15-21(19-6-9-22-23(14-19)37-17-36-22)25(27(31)32)26(28)18-4-7-20(35-3)8-5-18/h4-9,14,21,25-26H,10-13,15-17H2,1-3H3,(H,31,32). The Morgan fingerprint density at radius 2 is 1.56 bits per heavy atom. The van der Waals surface area contributed by atoms with E-state index in [1.807, 2.05) is 29.2 Å². The maximum atomic E-state index is 13.4. The highest BCUT2D eigenvalue weighted by molar-refractivity contribution is 5.78. The predicted octanol–water partition coefficient (Wildman–Crippen LogP) is 2.25. The lowest BCUT2D eigenvalue weighted by atomic mass is 9.82. The number of ether oxygens (including phenoxy) is 5. The third-order valence-corrected chi connectivity index (χ3v) is 6.70. The maximum Gasteiger partial charge on any atom is 0.309 e. The molecule has 0 spiro atoms. The summed E-state index contributed by atoms with van der Waals surface area (Å²) in [4.78, 5) is 39.0. The molecule has 2 aliphatic heterocycles. The van der Waals surface area contributed by atoms with Gasteiger partial charge in [-0.3, -0.25) is 14.5 Å². The highest BCUT2D eigenvalue weighted by Crippen LogP contribution is 2.47. The lowest BCUT2D eigenvalue weighted by Crippen LogP contribution is -2.42. The molecule has 0 aromatic heterocycles. The van der Waals surface area contributed by atoms with Crippen LogP contribution in [0.25, 0.3) is 0 Å². The SMILES string of the molecule is COCCON(OCCOC)C(=O)CN1CC(c2ccc3c(c2)OCO3)C(C(=O)O)C1c1ccc(OC)cc1. The molecule has 2 aliphatic rings. The molecule has 0 aliphatic carbocycles. The minimum Gasteiger partial charge on any atom is -0.497 e. The number of rotatable bonds is 14. The molecule has 3 unspecified atom stereocenters. The molecule has 2 heterocycles. The molecular formula is C27H34N2O10. The van der Waals surface area contributed by atoms with Crippen LogP contribution in [0, 0.1) is 5.92 Å². The number of amides is 1. The first-order valence-corrected chi connectivity index (χ1v) is 12.5. The van der Waals surface area contributed by atoms with Crippen molar-refractivity contribution in [2.45, 2.75) is 12.0 Å². The van der Waals surface area contributed by atoms with E-state index < -0.39 is 29.8 Å². The number of methoxy groups -OCH3 is 3. The first-order valence-electron chi connectivity index (χ1n) is 12.5. The van der Waals surface area contributed by atoms with Crippen LogP contribution in [0.3, 0.4) is 0 Å². The Morgan fingerprint density at radius 3 is 2.18 bits per heavy atom. The Balaban J connectivity index is 1.64. The van der Waals surface area contributed by atoms with Crippen LogP contribution in [0.4, 0.5) is 0 Å². The smallest absolute Gasteiger partial charge is 0.309 e. The Hall–Kier alpha value is -3.42. The minimum atomic E-state index is -0.974. The topological polar surface area (TPSA) is 125 Å². The molecule has 4 rings (SSSR count). The summed E-state index contributed by atoms with van der Waals surface area (Å²) in [5.74, 6) is -0.939. The van der Waals surface area contributed by atoms with Crippen LogP contribution in [0.1, 0.15) is 23.1 Å². The average molecular weight is 547 g/mol. The Kier molecular flexibility index (Phi) is 9.96. The Labute approximate surface area is 226 Å². The molecule has 3 atom stereocenters. The van der Waals surface area contributed by atoms with Gasteiger partial charge in [0.15, 0.2) is 11.5 Å². The molecule has 1 saturated heterocycles. The number of hydrogen-bond donors (Lipinski definition) is 1. The van der Waals surface area contributed by atoms with Crippen LogP contribution in [-0.2, 0) is 28.7 Å². The number of hydroxylamine groups is 2. The number of carboxylic acids is 1. The van der Waals surface area contributed by atoms with E-state index in [4.69, 9.17) is 33.4 Å². The number of carboxylic acid groups (broad SMARTS) is 1. The van der Waals surface area contributed by atoms with Crippen molar-refractivity contribution in [1.82, 2.24) is 10.1 Å². The molecule has 12 nitrogen and oxygen atoms in total. The summed E-state index contributed by atoms with van der Waals surface area (Å²) in [5, 5.41) is 11.3. The van der Waals surface area contributed by atoms with Crippen molar-refractivity contribution in [3.05, 3.63) is 53.6 Å². The molecule has 0 bridgehead atoms. The third-order valence-electron chi connectivity index (χ3n) is 6.70. The Morgan fingerprint density at radius 1 is 0.923 bits per heavy atom. The first-order chi connectivity index (χ1) is 19.0. The highest BCUT2D eigenvalue weighted by atomic mass is 17.0. The summed E-state index contributed by atoms with van der Waals surface area (Å²) in [5.41, 5.74) is 1.52. The molecule has 2 aromatic rings. The lowest BCUT2D eigenvalue weighted by molar-refractivity contribution is -0.346. The summed E-state index contributed by atoms with van der Waals surface area (Å²) >= 11 is 0. The van der Waals surface area contributed by atoms with Crippen molar-refractivity contribution in [1.29, 1.82) is 0 Å². The van der Waals surface area contributed by atoms with Crippen molar-refractivity contribution in [3.8, 4) is 17.2 Å². The number of aliphatic carboxylic acids is 1. The van der Waals surface area contributed by atoms with Crippen LogP contribution in [0.2, 0.25) is 0 Å². The zero-order chi connectivity index (χ0) is 27.8. The van der Waals surface area contributed by atoms with E-state index in [9.17, 15) is 14.7 Å². The quantitative estimate of drug-likeness (QED) is 0.277. The van der Waals surface area contributed by atoms with Gasteiger partial charge in [-0.15, -0.1) is 0 Å². The molecule has 0 saturated carbocycles. The zero-order valence-corrected chi connectivity index (χ0v) is 22.2. The van der Waals surface area contributed by atoms with Gasteiger partial charge in [0.25, 0.3) is 5.91 Å². The van der Waals surface area contributed by atoms with Crippen LogP contribution >= 0.6 is 0 Å². The van der Waals surface area contributed by atoms with Gasteiger partial charge in [-0.25, -0.2) is 9.68 Å². The third kappa shape index (κ3) is 6.78. The largest absolute Gasteiger partial charge is 0.497 e. The van der Waals surface area contributed by atoms with Crippen molar-refractivity contribution < 1.29 is 48.1 Å². The maximum absolute atomic E-state index is 13.4. The number of carbonyl (C=O) groups excluding carboxylic acids is 1. The fourth-order valence-corrected chi connectivity index (χ4v) is 4.89. The second-order valence-electron chi connectivity index (χ2n) is 9.03. The number of benzene rings is 2. The summed E-state index contributed by atoms with van der Waals surface area (Å²) in [7, 11) is 4.60. The van der Waals surface area contributed by atoms with E-state index in [1.165, 1.54) is 14.2 Å². The lowest BCUT2D eigenvalue weighted by Gasteiger charge is -2.29. The van der Waals surface area contributed by atoms with Crippen molar-refractivity contribution >= 4 is 11.9 Å². The van der Waals surface area contributed by atoms with Gasteiger partial charge in [0.05, 0.1) is 32.8 Å². The second-order valence-corrected chi connectivity index (χ2v) is 9.03. The fraction of sp³-hybridized carbons (Fsp3) is 0.481. The van der Waals surface area contributed by atoms with E-state index in [2.05, 4.69) is 0 Å². The van der Waals surface area contributed by atoms with Gasteiger partial charge in [0, 0.05) is 32.7 Å². The van der Waals surface area contributed by atoms with Crippen molar-refractivity contribution in [2.24, 2.45) is 5.92 Å². The van der Waals surface area contributed by atoms with Crippen molar-refractivity contribution in [3.63, 3.8) is 0 Å². The Bertz CT molecular complexity index is 1100. The molecule has 0 radical (unpaired) electrons. The van der Waals surface area contributed by atoms with Gasteiger partial charge in [0.2, 0.25) is 6.79 Å². The second kappa shape index (κ2) is 13.6. The van der Waals surface area contributed by atoms with E-state index in [1.54, 1.807) is 25.3 Å². The highest BCUT2D eigenvalue weighted by Gasteiger charge is 2.48. The zero-order valence-electron chi connectivity index (χ0n) is 22.2. The molecule has 39 heavy (non-hydrogen) atoms.